The molecule has 0 aliphatic carbocycles. The van der Waals surface area contributed by atoms with E-state index < -0.39 is 6.17 Å². The Labute approximate surface area is 242 Å². The van der Waals surface area contributed by atoms with Crippen LogP contribution in [0, 0.1) is 25.6 Å². The van der Waals surface area contributed by atoms with E-state index >= 15 is 0 Å². The molecule has 0 radical (unpaired) electrons. The lowest BCUT2D eigenvalue weighted by atomic mass is 9.96. The van der Waals surface area contributed by atoms with Crippen LogP contribution in [-0.2, 0) is 6.54 Å². The summed E-state index contributed by atoms with van der Waals surface area (Å²) in [7, 11) is 0. The first-order valence-corrected chi connectivity index (χ1v) is 14.1. The van der Waals surface area contributed by atoms with Gasteiger partial charge in [-0.1, -0.05) is 31.1 Å². The van der Waals surface area contributed by atoms with Crippen molar-refractivity contribution < 1.29 is 22.9 Å². The smallest absolute Gasteiger partial charge is 0.254 e. The number of halogens is 2. The van der Waals surface area contributed by atoms with Crippen molar-refractivity contribution in [1.82, 2.24) is 19.9 Å². The Hall–Kier alpha value is -4.53. The summed E-state index contributed by atoms with van der Waals surface area (Å²) < 4.78 is 34.8. The molecule has 42 heavy (non-hydrogen) atoms. The van der Waals surface area contributed by atoms with Crippen LogP contribution in [0.4, 0.5) is 8.78 Å². The molecular formula is C33H32F2N4O3. The number of hydrogen-bond acceptors (Lipinski definition) is 4. The molecule has 2 amide bonds. The van der Waals surface area contributed by atoms with E-state index in [0.717, 1.165) is 33.1 Å². The summed E-state index contributed by atoms with van der Waals surface area (Å²) in [6.45, 7) is 8.80. The lowest BCUT2D eigenvalue weighted by Crippen LogP contribution is -2.51. The molecule has 1 N–H and O–H groups in total. The second-order valence-corrected chi connectivity index (χ2v) is 11.5. The first-order valence-electron chi connectivity index (χ1n) is 14.1. The Morgan fingerprint density at radius 3 is 2.43 bits per heavy atom. The summed E-state index contributed by atoms with van der Waals surface area (Å²) in [5.41, 5.74) is 5.64. The maximum Gasteiger partial charge on any atom is 0.254 e. The van der Waals surface area contributed by atoms with Gasteiger partial charge >= 0.3 is 0 Å². The predicted octanol–water partition coefficient (Wildman–Crippen LogP) is 6.43. The molecule has 1 saturated heterocycles. The number of nitrogens with zero attached hydrogens (tertiary/aromatic N) is 3. The molecule has 1 aliphatic rings. The quantitative estimate of drug-likeness (QED) is 0.245. The number of nitrogens with one attached hydrogen (secondary N) is 1. The van der Waals surface area contributed by atoms with Crippen LogP contribution in [0.2, 0.25) is 0 Å². The van der Waals surface area contributed by atoms with E-state index in [4.69, 9.17) is 4.52 Å². The number of aryl methyl sites for hydroxylation is 2. The van der Waals surface area contributed by atoms with E-state index in [9.17, 15) is 18.4 Å². The van der Waals surface area contributed by atoms with E-state index in [-0.39, 0.29) is 36.6 Å². The Morgan fingerprint density at radius 2 is 1.79 bits per heavy atom. The fraction of sp³-hybridized carbons (Fsp3) is 0.303. The summed E-state index contributed by atoms with van der Waals surface area (Å²) in [6, 6.07) is 15.6. The van der Waals surface area contributed by atoms with Crippen molar-refractivity contribution in [3.05, 3.63) is 88.6 Å². The summed E-state index contributed by atoms with van der Waals surface area (Å²) in [5, 5.41) is 8.61. The van der Waals surface area contributed by atoms with Gasteiger partial charge in [-0.05, 0) is 73.4 Å². The number of carbonyl (C=O) groups is 2. The molecule has 0 atom stereocenters. The van der Waals surface area contributed by atoms with Crippen LogP contribution in [0.5, 0.6) is 0 Å². The number of rotatable bonds is 7. The highest BCUT2D eigenvalue weighted by atomic mass is 19.1. The van der Waals surface area contributed by atoms with Gasteiger partial charge < -0.3 is 19.3 Å². The standard InChI is InChI=1S/C33H32F2N4O3/c1-18(2)14-36-32(40)27-12-23(30-19(3)37-42-20(30)4)13-29-31(27)26-11-22(33(41)38-16-25(35)17-38)7-10-28(26)39(29)15-21-5-8-24(34)9-6-21/h5-13,18,25H,14-17H2,1-4H3,(H,36,40). The van der Waals surface area contributed by atoms with Gasteiger partial charge in [0.05, 0.1) is 24.3 Å². The van der Waals surface area contributed by atoms with Crippen molar-refractivity contribution in [2.24, 2.45) is 5.92 Å². The van der Waals surface area contributed by atoms with Gasteiger partial charge in [-0.15, -0.1) is 0 Å². The molecule has 2 aromatic heterocycles. The normalized spacial score (nSPS) is 13.7. The van der Waals surface area contributed by atoms with Crippen LogP contribution in [0.15, 0.2) is 59.1 Å². The van der Waals surface area contributed by atoms with E-state index in [0.29, 0.717) is 41.1 Å². The minimum Gasteiger partial charge on any atom is -0.361 e. The molecule has 3 heterocycles. The summed E-state index contributed by atoms with van der Waals surface area (Å²) >= 11 is 0. The zero-order chi connectivity index (χ0) is 29.7. The van der Waals surface area contributed by atoms with Gasteiger partial charge in [0.15, 0.2) is 0 Å². The zero-order valence-electron chi connectivity index (χ0n) is 24.0. The second-order valence-electron chi connectivity index (χ2n) is 11.5. The zero-order valence-corrected chi connectivity index (χ0v) is 24.0. The highest BCUT2D eigenvalue weighted by molar-refractivity contribution is 6.20. The van der Waals surface area contributed by atoms with Crippen LogP contribution in [0.3, 0.4) is 0 Å². The highest BCUT2D eigenvalue weighted by Gasteiger charge is 2.31. The van der Waals surface area contributed by atoms with Crippen molar-refractivity contribution in [3.63, 3.8) is 0 Å². The van der Waals surface area contributed by atoms with Crippen molar-refractivity contribution >= 4 is 33.6 Å². The summed E-state index contributed by atoms with van der Waals surface area (Å²) in [4.78, 5) is 28.5. The number of fused-ring (bicyclic) bond motifs is 3. The molecule has 0 spiro atoms. The van der Waals surface area contributed by atoms with E-state index in [1.807, 2.05) is 45.9 Å². The molecule has 7 nitrogen and oxygen atoms in total. The van der Waals surface area contributed by atoms with Crippen molar-refractivity contribution in [2.45, 2.75) is 40.4 Å². The maximum atomic E-state index is 13.8. The van der Waals surface area contributed by atoms with Crippen LogP contribution < -0.4 is 5.32 Å². The van der Waals surface area contributed by atoms with Crippen LogP contribution in [0.1, 0.15) is 51.6 Å². The average molecular weight is 571 g/mol. The van der Waals surface area contributed by atoms with Gasteiger partial charge in [-0.2, -0.15) is 0 Å². The largest absolute Gasteiger partial charge is 0.361 e. The summed E-state index contributed by atoms with van der Waals surface area (Å²) in [5.74, 6) is 0.0759. The first kappa shape index (κ1) is 27.6. The number of aromatic nitrogens is 2. The second kappa shape index (κ2) is 10.7. The fourth-order valence-corrected chi connectivity index (χ4v) is 5.68. The van der Waals surface area contributed by atoms with Crippen molar-refractivity contribution in [1.29, 1.82) is 0 Å². The third-order valence-corrected chi connectivity index (χ3v) is 7.83. The predicted molar refractivity (Wildman–Crippen MR) is 158 cm³/mol. The molecule has 9 heteroatoms. The van der Waals surface area contributed by atoms with Crippen LogP contribution in [0.25, 0.3) is 32.9 Å². The Bertz CT molecular complexity index is 1810. The van der Waals surface area contributed by atoms with E-state index in [1.54, 1.807) is 24.3 Å². The average Bonchev–Trinajstić information content (AvgIpc) is 3.45. The van der Waals surface area contributed by atoms with Crippen LogP contribution >= 0.6 is 0 Å². The number of carbonyl (C=O) groups excluding carboxylic acids is 2. The molecular weight excluding hydrogens is 538 g/mol. The number of alkyl halides is 1. The molecule has 216 valence electrons. The first-order chi connectivity index (χ1) is 20.1. The van der Waals surface area contributed by atoms with Gasteiger partial charge in [-0.3, -0.25) is 9.59 Å². The third-order valence-electron chi connectivity index (χ3n) is 7.83. The maximum absolute atomic E-state index is 13.8. The van der Waals surface area contributed by atoms with Gasteiger partial charge in [-0.25, -0.2) is 8.78 Å². The SMILES string of the molecule is Cc1noc(C)c1-c1cc(C(=O)NCC(C)C)c2c3cc(C(=O)N4CC(F)C4)ccc3n(Cc3ccc(F)cc3)c2c1. The van der Waals surface area contributed by atoms with Crippen molar-refractivity contribution in [3.8, 4) is 11.1 Å². The molecule has 0 bridgehead atoms. The van der Waals surface area contributed by atoms with Gasteiger partial charge in [0, 0.05) is 46.1 Å². The number of benzene rings is 3. The minimum absolute atomic E-state index is 0.0762. The number of amides is 2. The topological polar surface area (TPSA) is 80.4 Å². The highest BCUT2D eigenvalue weighted by Crippen LogP contribution is 2.38. The number of likely N-dealkylation sites (tertiary alicyclic amines) is 1. The molecule has 0 unspecified atom stereocenters. The summed E-state index contributed by atoms with van der Waals surface area (Å²) in [6.07, 6.45) is -1.01. The molecule has 3 aromatic carbocycles. The third kappa shape index (κ3) is 4.93. The van der Waals surface area contributed by atoms with Crippen molar-refractivity contribution in [2.75, 3.05) is 19.6 Å². The lowest BCUT2D eigenvalue weighted by Gasteiger charge is -2.34. The van der Waals surface area contributed by atoms with Crippen LogP contribution in [-0.4, -0.2) is 52.2 Å². The minimum atomic E-state index is -1.01. The monoisotopic (exact) mass is 570 g/mol. The lowest BCUT2D eigenvalue weighted by molar-refractivity contribution is 0.0400. The fourth-order valence-electron chi connectivity index (χ4n) is 5.68. The van der Waals surface area contributed by atoms with Gasteiger partial charge in [0.25, 0.3) is 11.8 Å². The molecule has 6 rings (SSSR count). The molecule has 0 saturated carbocycles. The van der Waals surface area contributed by atoms with E-state index in [1.165, 1.54) is 17.0 Å². The molecule has 1 aliphatic heterocycles. The Kier molecular flexibility index (Phi) is 7.04. The van der Waals surface area contributed by atoms with E-state index in [2.05, 4.69) is 15.0 Å². The molecule has 5 aromatic rings. The molecule has 1 fully saturated rings. The van der Waals surface area contributed by atoms with Gasteiger partial charge in [0.1, 0.15) is 17.7 Å². The van der Waals surface area contributed by atoms with Gasteiger partial charge in [0.2, 0.25) is 0 Å². The Balaban J connectivity index is 1.62. The Morgan fingerprint density at radius 1 is 1.05 bits per heavy atom. The number of hydrogen-bond donors (Lipinski definition) is 1.